The fourth-order valence-electron chi connectivity index (χ4n) is 6.79. The summed E-state index contributed by atoms with van der Waals surface area (Å²) in [5, 5.41) is 13.0. The Bertz CT molecular complexity index is 1600. The minimum Gasteiger partial charge on any atom is -0.487 e. The molecule has 1 saturated carbocycles. The van der Waals surface area contributed by atoms with Gasteiger partial charge in [0.05, 0.1) is 49.2 Å². The van der Waals surface area contributed by atoms with Crippen LogP contribution in [0.25, 0.3) is 11.1 Å². The number of ether oxygens (including phenoxy) is 4. The Hall–Kier alpha value is -3.78. The summed E-state index contributed by atoms with van der Waals surface area (Å²) in [7, 11) is 1.70. The van der Waals surface area contributed by atoms with Gasteiger partial charge in [-0.2, -0.15) is 5.10 Å². The van der Waals surface area contributed by atoms with E-state index in [0.29, 0.717) is 54.4 Å². The number of nitrogens with zero attached hydrogens (tertiary/aromatic N) is 8. The van der Waals surface area contributed by atoms with E-state index in [1.165, 1.54) is 6.33 Å². The molecule has 0 amide bonds. The molecule has 14 heteroatoms. The van der Waals surface area contributed by atoms with Gasteiger partial charge in [0.1, 0.15) is 30.2 Å². The van der Waals surface area contributed by atoms with E-state index in [4.69, 9.17) is 35.6 Å². The Morgan fingerprint density at radius 1 is 1.00 bits per heavy atom. The number of methoxy groups -OCH3 is 1. The third-order valence-corrected chi connectivity index (χ3v) is 9.37. The molecule has 264 valence electrons. The minimum atomic E-state index is -0.167. The first-order valence-corrected chi connectivity index (χ1v) is 17.6. The molecule has 1 N–H and O–H groups in total. The van der Waals surface area contributed by atoms with E-state index >= 15 is 0 Å². The summed E-state index contributed by atoms with van der Waals surface area (Å²) < 4.78 is 27.4. The van der Waals surface area contributed by atoms with Gasteiger partial charge in [0, 0.05) is 50.1 Å². The second kappa shape index (κ2) is 16.3. The summed E-state index contributed by atoms with van der Waals surface area (Å²) in [6, 6.07) is 6.53. The Kier molecular flexibility index (Phi) is 11.7. The predicted molar refractivity (Wildman–Crippen MR) is 188 cm³/mol. The molecule has 4 heterocycles. The summed E-state index contributed by atoms with van der Waals surface area (Å²) in [6.45, 7) is 12.0. The molecule has 1 aliphatic carbocycles. The van der Waals surface area contributed by atoms with Gasteiger partial charge in [-0.3, -0.25) is 9.58 Å². The van der Waals surface area contributed by atoms with E-state index in [-0.39, 0.29) is 24.2 Å². The van der Waals surface area contributed by atoms with E-state index < -0.39 is 0 Å². The van der Waals surface area contributed by atoms with Crippen LogP contribution in [-0.2, 0) is 16.0 Å². The number of halogens is 1. The van der Waals surface area contributed by atoms with E-state index in [1.807, 2.05) is 31.3 Å². The molecule has 3 aromatic heterocycles. The lowest BCUT2D eigenvalue weighted by Crippen LogP contribution is -2.51. The molecule has 0 spiro atoms. The molecule has 2 aliphatic rings. The highest BCUT2D eigenvalue weighted by Crippen LogP contribution is 2.36. The summed E-state index contributed by atoms with van der Waals surface area (Å²) in [5.41, 5.74) is 2.45. The van der Waals surface area contributed by atoms with Crippen molar-refractivity contribution in [1.29, 1.82) is 0 Å². The largest absolute Gasteiger partial charge is 0.487 e. The average Bonchev–Trinajstić information content (AvgIpc) is 3.75. The van der Waals surface area contributed by atoms with E-state index in [2.05, 4.69) is 55.7 Å². The summed E-state index contributed by atoms with van der Waals surface area (Å²) >= 11 is 6.48. The highest BCUT2D eigenvalue weighted by molar-refractivity contribution is 6.32. The van der Waals surface area contributed by atoms with E-state index in [9.17, 15) is 0 Å². The van der Waals surface area contributed by atoms with Gasteiger partial charge in [-0.15, -0.1) is 5.10 Å². The van der Waals surface area contributed by atoms with Crippen molar-refractivity contribution in [2.24, 2.45) is 5.92 Å². The van der Waals surface area contributed by atoms with E-state index in [0.717, 1.165) is 55.6 Å². The minimum absolute atomic E-state index is 0.167. The molecule has 4 atom stereocenters. The number of nitrogens with one attached hydrogen (secondary N) is 1. The van der Waals surface area contributed by atoms with Crippen LogP contribution >= 0.6 is 11.6 Å². The van der Waals surface area contributed by atoms with Crippen LogP contribution in [0, 0.1) is 5.92 Å². The van der Waals surface area contributed by atoms with Gasteiger partial charge in [-0.1, -0.05) is 24.6 Å². The highest BCUT2D eigenvalue weighted by atomic mass is 35.5. The number of rotatable bonds is 14. The van der Waals surface area contributed by atoms with Gasteiger partial charge in [0.15, 0.2) is 0 Å². The van der Waals surface area contributed by atoms with Crippen molar-refractivity contribution in [1.82, 2.24) is 39.4 Å². The summed E-state index contributed by atoms with van der Waals surface area (Å²) in [4.78, 5) is 15.9. The molecular formula is C35H48ClN9O4. The first-order chi connectivity index (χ1) is 23.7. The lowest BCUT2D eigenvalue weighted by Gasteiger charge is -2.42. The van der Waals surface area contributed by atoms with Crippen molar-refractivity contribution in [3.05, 3.63) is 54.5 Å². The van der Waals surface area contributed by atoms with E-state index in [1.54, 1.807) is 30.5 Å². The molecule has 1 aliphatic heterocycles. The SMILES string of the molecule is COC[C@H](C)COc1nn(C2CCC(N3C[C@@H](C)O[C@@H](C)C3)CC2)cc1Nc1ncc(-c2ccc(Cl)c(O[C@@H](C)Cn3cncn3)c2)cn1. The third kappa shape index (κ3) is 9.27. The van der Waals surface area contributed by atoms with Gasteiger partial charge in [0.2, 0.25) is 5.95 Å². The second-order valence-electron chi connectivity index (χ2n) is 13.5. The van der Waals surface area contributed by atoms with Crippen molar-refractivity contribution >= 4 is 23.2 Å². The first-order valence-electron chi connectivity index (χ1n) is 17.2. The van der Waals surface area contributed by atoms with Crippen LogP contribution in [0.1, 0.15) is 59.4 Å². The molecule has 6 rings (SSSR count). The van der Waals surface area contributed by atoms with Gasteiger partial charge in [-0.25, -0.2) is 19.6 Å². The Labute approximate surface area is 293 Å². The molecule has 4 aromatic rings. The van der Waals surface area contributed by atoms with Crippen LogP contribution in [0.5, 0.6) is 11.6 Å². The molecule has 49 heavy (non-hydrogen) atoms. The van der Waals surface area contributed by atoms with Gasteiger partial charge >= 0.3 is 0 Å². The Morgan fingerprint density at radius 2 is 1.73 bits per heavy atom. The maximum atomic E-state index is 6.48. The fourth-order valence-corrected chi connectivity index (χ4v) is 6.95. The molecule has 1 aromatic carbocycles. The van der Waals surface area contributed by atoms with Crippen LogP contribution < -0.4 is 14.8 Å². The van der Waals surface area contributed by atoms with Crippen LogP contribution in [0.15, 0.2) is 49.4 Å². The number of benzene rings is 1. The normalized spacial score (nSPS) is 22.8. The molecule has 1 saturated heterocycles. The fraction of sp³-hybridized carbons (Fsp3) is 0.571. The number of hydrogen-bond donors (Lipinski definition) is 1. The second-order valence-corrected chi connectivity index (χ2v) is 13.9. The topological polar surface area (TPSA) is 127 Å². The van der Waals surface area contributed by atoms with Gasteiger partial charge in [-0.05, 0) is 64.2 Å². The van der Waals surface area contributed by atoms with Crippen LogP contribution in [0.3, 0.4) is 0 Å². The smallest absolute Gasteiger partial charge is 0.256 e. The Morgan fingerprint density at radius 3 is 2.43 bits per heavy atom. The molecule has 0 radical (unpaired) electrons. The zero-order valence-electron chi connectivity index (χ0n) is 29.0. The van der Waals surface area contributed by atoms with Crippen LogP contribution in [-0.4, -0.2) is 97.2 Å². The number of morpholine rings is 1. The summed E-state index contributed by atoms with van der Waals surface area (Å²) in [5.74, 6) is 1.78. The molecule has 0 bridgehead atoms. The monoisotopic (exact) mass is 693 g/mol. The van der Waals surface area contributed by atoms with Gasteiger partial charge < -0.3 is 24.3 Å². The van der Waals surface area contributed by atoms with Crippen molar-refractivity contribution < 1.29 is 18.9 Å². The lowest BCUT2D eigenvalue weighted by molar-refractivity contribution is -0.0852. The zero-order valence-corrected chi connectivity index (χ0v) is 29.8. The average molecular weight is 694 g/mol. The zero-order chi connectivity index (χ0) is 34.3. The first kappa shape index (κ1) is 35.1. The number of anilines is 2. The maximum Gasteiger partial charge on any atom is 0.256 e. The molecule has 2 fully saturated rings. The summed E-state index contributed by atoms with van der Waals surface area (Å²) in [6.07, 6.45) is 13.5. The Balaban J connectivity index is 1.13. The quantitative estimate of drug-likeness (QED) is 0.166. The van der Waals surface area contributed by atoms with Crippen LogP contribution in [0.4, 0.5) is 11.6 Å². The van der Waals surface area contributed by atoms with Crippen molar-refractivity contribution in [2.75, 3.05) is 38.7 Å². The standard InChI is InChI=1S/C35H48ClN9O4/c1-23(19-46-5)20-47-34-32(18-45(42-34)30-9-7-29(8-10-30)43-15-24(2)48-25(3)16-43)41-35-38-13-28(14-39-35)27-6-11-31(36)33(12-27)49-26(4)17-44-22-37-21-40-44/h6,11-14,18,21-26,29-30H,7-10,15-17,19-20H2,1-5H3,(H,38,39,41)/t23-,24-,25+,26-,29?,30?/m0/s1. The van der Waals surface area contributed by atoms with Crippen molar-refractivity contribution in [3.63, 3.8) is 0 Å². The third-order valence-electron chi connectivity index (χ3n) is 9.06. The van der Waals surface area contributed by atoms with Gasteiger partial charge in [0.25, 0.3) is 5.88 Å². The molecular weight excluding hydrogens is 646 g/mol. The number of hydrogen-bond acceptors (Lipinski definition) is 11. The maximum absolute atomic E-state index is 6.48. The molecule has 13 nitrogen and oxygen atoms in total. The highest BCUT2D eigenvalue weighted by Gasteiger charge is 2.32. The van der Waals surface area contributed by atoms with Crippen molar-refractivity contribution in [3.8, 4) is 22.8 Å². The number of aromatic nitrogens is 7. The lowest BCUT2D eigenvalue weighted by atomic mass is 9.89. The van der Waals surface area contributed by atoms with Crippen molar-refractivity contribution in [2.45, 2.75) is 90.3 Å². The molecule has 0 unspecified atom stereocenters. The van der Waals surface area contributed by atoms with Crippen LogP contribution in [0.2, 0.25) is 5.02 Å². The predicted octanol–water partition coefficient (Wildman–Crippen LogP) is 6.05.